The highest BCUT2D eigenvalue weighted by Gasteiger charge is 2.24. The van der Waals surface area contributed by atoms with Crippen molar-refractivity contribution in [1.29, 1.82) is 0 Å². The van der Waals surface area contributed by atoms with Crippen molar-refractivity contribution in [2.75, 3.05) is 0 Å². The van der Waals surface area contributed by atoms with Crippen LogP contribution in [-0.4, -0.2) is 36.6 Å². The van der Waals surface area contributed by atoms with Gasteiger partial charge in [-0.25, -0.2) is 14.3 Å². The van der Waals surface area contributed by atoms with Crippen LogP contribution in [0.2, 0.25) is 0 Å². The molecule has 1 amide bonds. The van der Waals surface area contributed by atoms with Gasteiger partial charge >= 0.3 is 5.97 Å². The predicted octanol–water partition coefficient (Wildman–Crippen LogP) is 2.23. The first-order valence-electron chi connectivity index (χ1n) is 9.03. The minimum Gasteiger partial charge on any atom is -0.479 e. The van der Waals surface area contributed by atoms with Gasteiger partial charge in [0.15, 0.2) is 6.04 Å². The van der Waals surface area contributed by atoms with E-state index in [2.05, 4.69) is 20.4 Å². The molecule has 8 heteroatoms. The van der Waals surface area contributed by atoms with Gasteiger partial charge in [0.25, 0.3) is 5.78 Å². The van der Waals surface area contributed by atoms with E-state index in [4.69, 9.17) is 0 Å². The van der Waals surface area contributed by atoms with E-state index in [0.29, 0.717) is 17.8 Å². The van der Waals surface area contributed by atoms with E-state index in [0.717, 1.165) is 28.1 Å². The molecule has 0 bridgehead atoms. The summed E-state index contributed by atoms with van der Waals surface area (Å²) < 4.78 is 1.64. The second-order valence-corrected chi connectivity index (χ2v) is 6.86. The number of nitrogens with one attached hydrogen (secondary N) is 1. The third kappa shape index (κ3) is 3.71. The van der Waals surface area contributed by atoms with E-state index in [-0.39, 0.29) is 12.3 Å². The number of rotatable bonds is 6. The molecule has 0 fully saturated rings. The zero-order valence-corrected chi connectivity index (χ0v) is 16.4. The maximum atomic E-state index is 12.5. The van der Waals surface area contributed by atoms with Gasteiger partial charge in [0, 0.05) is 17.8 Å². The van der Waals surface area contributed by atoms with Crippen molar-refractivity contribution in [3.05, 3.63) is 58.2 Å². The number of carbonyl (C=O) groups excluding carboxylic acids is 1. The van der Waals surface area contributed by atoms with Gasteiger partial charge in [0.2, 0.25) is 5.91 Å². The normalized spacial score (nSPS) is 12.1. The molecule has 0 spiro atoms. The molecule has 2 N–H and O–H groups in total. The highest BCUT2D eigenvalue weighted by atomic mass is 16.4. The highest BCUT2D eigenvalue weighted by molar-refractivity contribution is 5.85. The Morgan fingerprint density at radius 2 is 1.96 bits per heavy atom. The largest absolute Gasteiger partial charge is 0.479 e. The fourth-order valence-electron chi connectivity index (χ4n) is 3.35. The van der Waals surface area contributed by atoms with E-state index in [1.807, 2.05) is 33.8 Å². The Morgan fingerprint density at radius 1 is 1.21 bits per heavy atom. The van der Waals surface area contributed by atoms with Crippen LogP contribution in [0.25, 0.3) is 5.78 Å². The number of aliphatic carboxylic acids is 1. The van der Waals surface area contributed by atoms with Crippen molar-refractivity contribution in [2.45, 2.75) is 46.6 Å². The van der Waals surface area contributed by atoms with Crippen molar-refractivity contribution in [1.82, 2.24) is 24.9 Å². The molecule has 2 heterocycles. The minimum atomic E-state index is -1.08. The highest BCUT2D eigenvalue weighted by Crippen LogP contribution is 2.21. The van der Waals surface area contributed by atoms with Crippen LogP contribution >= 0.6 is 0 Å². The molecule has 8 nitrogen and oxygen atoms in total. The Bertz CT molecular complexity index is 1060. The van der Waals surface area contributed by atoms with Gasteiger partial charge in [-0.1, -0.05) is 18.2 Å². The summed E-state index contributed by atoms with van der Waals surface area (Å²) in [5, 5.41) is 16.4. The molecule has 2 aromatic heterocycles. The van der Waals surface area contributed by atoms with Crippen molar-refractivity contribution >= 4 is 17.7 Å². The third-order valence-electron chi connectivity index (χ3n) is 5.10. The van der Waals surface area contributed by atoms with Gasteiger partial charge in [-0.15, -0.1) is 0 Å². The van der Waals surface area contributed by atoms with Crippen LogP contribution in [-0.2, 0) is 16.0 Å². The van der Waals surface area contributed by atoms with Gasteiger partial charge in [-0.2, -0.15) is 10.1 Å². The monoisotopic (exact) mass is 381 g/mol. The van der Waals surface area contributed by atoms with Crippen LogP contribution in [0.1, 0.15) is 46.1 Å². The van der Waals surface area contributed by atoms with Crippen molar-refractivity contribution in [3.63, 3.8) is 0 Å². The molecule has 1 unspecified atom stereocenters. The molecule has 1 atom stereocenters. The SMILES string of the molecule is Cc1cccc(C(NC(=O)CCc2c(C)nc3ncnn3c2C)C(=O)O)c1C. The van der Waals surface area contributed by atoms with Crippen molar-refractivity contribution in [2.24, 2.45) is 0 Å². The number of hydrogen-bond acceptors (Lipinski definition) is 5. The van der Waals surface area contributed by atoms with Gasteiger partial charge in [0.05, 0.1) is 0 Å². The molecule has 0 radical (unpaired) electrons. The number of fused-ring (bicyclic) bond motifs is 1. The van der Waals surface area contributed by atoms with Gasteiger partial charge < -0.3 is 10.4 Å². The Morgan fingerprint density at radius 3 is 2.68 bits per heavy atom. The summed E-state index contributed by atoms with van der Waals surface area (Å²) in [5.41, 5.74) is 5.01. The number of carbonyl (C=O) groups is 2. The lowest BCUT2D eigenvalue weighted by molar-refractivity contribution is -0.142. The summed E-state index contributed by atoms with van der Waals surface area (Å²) in [4.78, 5) is 32.7. The van der Waals surface area contributed by atoms with Crippen LogP contribution in [0, 0.1) is 27.7 Å². The summed E-state index contributed by atoms with van der Waals surface area (Å²) >= 11 is 0. The van der Waals surface area contributed by atoms with E-state index in [9.17, 15) is 14.7 Å². The van der Waals surface area contributed by atoms with Crippen LogP contribution in [0.5, 0.6) is 0 Å². The Balaban J connectivity index is 1.76. The number of amides is 1. The topological polar surface area (TPSA) is 109 Å². The quantitative estimate of drug-likeness (QED) is 0.678. The molecule has 0 aliphatic rings. The lowest BCUT2D eigenvalue weighted by Crippen LogP contribution is -2.34. The van der Waals surface area contributed by atoms with Crippen LogP contribution in [0.4, 0.5) is 0 Å². The predicted molar refractivity (Wildman–Crippen MR) is 103 cm³/mol. The first kappa shape index (κ1) is 19.5. The summed E-state index contributed by atoms with van der Waals surface area (Å²) in [5.74, 6) is -0.894. The average Bonchev–Trinajstić information content (AvgIpc) is 3.10. The van der Waals surface area contributed by atoms with E-state index in [1.54, 1.807) is 16.6 Å². The molecule has 3 rings (SSSR count). The second kappa shape index (κ2) is 7.75. The first-order valence-corrected chi connectivity index (χ1v) is 9.03. The second-order valence-electron chi connectivity index (χ2n) is 6.86. The molecule has 0 aliphatic heterocycles. The number of hydrogen-bond donors (Lipinski definition) is 2. The lowest BCUT2D eigenvalue weighted by atomic mass is 9.97. The average molecular weight is 381 g/mol. The third-order valence-corrected chi connectivity index (χ3v) is 5.10. The number of carboxylic acids is 1. The standard InChI is InChI=1S/C20H23N5O3/c1-11-6-5-7-15(12(11)2)18(19(27)28)24-17(26)9-8-16-13(3)23-20-21-10-22-25(20)14(16)4/h5-7,10,18H,8-9H2,1-4H3,(H,24,26)(H,27,28). The van der Waals surface area contributed by atoms with E-state index in [1.165, 1.54) is 6.33 Å². The fraction of sp³-hybridized carbons (Fsp3) is 0.350. The molecule has 0 saturated heterocycles. The summed E-state index contributed by atoms with van der Waals surface area (Å²) in [7, 11) is 0. The Labute approximate surface area is 162 Å². The maximum absolute atomic E-state index is 12.5. The lowest BCUT2D eigenvalue weighted by Gasteiger charge is -2.18. The molecule has 146 valence electrons. The molecule has 1 aromatic carbocycles. The summed E-state index contributed by atoms with van der Waals surface area (Å²) in [6, 6.07) is 4.37. The fourth-order valence-corrected chi connectivity index (χ4v) is 3.35. The van der Waals surface area contributed by atoms with Gasteiger partial charge in [-0.3, -0.25) is 4.79 Å². The number of aryl methyl sites for hydroxylation is 3. The van der Waals surface area contributed by atoms with Gasteiger partial charge in [0.1, 0.15) is 6.33 Å². The molecule has 28 heavy (non-hydrogen) atoms. The van der Waals surface area contributed by atoms with E-state index < -0.39 is 12.0 Å². The van der Waals surface area contributed by atoms with Crippen LogP contribution < -0.4 is 5.32 Å². The Kier molecular flexibility index (Phi) is 5.39. The minimum absolute atomic E-state index is 0.151. The van der Waals surface area contributed by atoms with E-state index >= 15 is 0 Å². The van der Waals surface area contributed by atoms with Crippen LogP contribution in [0.3, 0.4) is 0 Å². The number of aromatic nitrogens is 4. The molecule has 0 saturated carbocycles. The number of carboxylic acid groups (broad SMARTS) is 1. The Hall–Kier alpha value is -3.29. The van der Waals surface area contributed by atoms with Crippen LogP contribution in [0.15, 0.2) is 24.5 Å². The molecular weight excluding hydrogens is 358 g/mol. The zero-order valence-electron chi connectivity index (χ0n) is 16.4. The van der Waals surface area contributed by atoms with Crippen molar-refractivity contribution in [3.8, 4) is 0 Å². The first-order chi connectivity index (χ1) is 13.3. The zero-order chi connectivity index (χ0) is 20.4. The summed E-state index contributed by atoms with van der Waals surface area (Å²) in [6.07, 6.45) is 2.02. The van der Waals surface area contributed by atoms with Crippen molar-refractivity contribution < 1.29 is 14.7 Å². The molecule has 3 aromatic rings. The number of benzene rings is 1. The summed E-state index contributed by atoms with van der Waals surface area (Å²) in [6.45, 7) is 7.54. The molecular formula is C20H23N5O3. The maximum Gasteiger partial charge on any atom is 0.330 e. The number of nitrogens with zero attached hydrogens (tertiary/aromatic N) is 4. The smallest absolute Gasteiger partial charge is 0.330 e. The molecule has 0 aliphatic carbocycles. The van der Waals surface area contributed by atoms with Gasteiger partial charge in [-0.05, 0) is 56.4 Å².